The van der Waals surface area contributed by atoms with E-state index in [1.54, 1.807) is 0 Å². The maximum Gasteiger partial charge on any atom is 0.165 e. The summed E-state index contributed by atoms with van der Waals surface area (Å²) < 4.78 is 0. The lowest BCUT2D eigenvalue weighted by atomic mass is 9.45. The second-order valence-electron chi connectivity index (χ2n) is 10.3. The molecule has 5 aliphatic rings. The van der Waals surface area contributed by atoms with Crippen LogP contribution in [-0.4, -0.2) is 23.3 Å². The molecule has 0 saturated heterocycles. The third-order valence-electron chi connectivity index (χ3n) is 10.2. The Labute approximate surface area is 156 Å². The summed E-state index contributed by atoms with van der Waals surface area (Å²) in [5.41, 5.74) is 1.49. The smallest absolute Gasteiger partial charge is 0.165 e. The van der Waals surface area contributed by atoms with Crippen LogP contribution in [-0.2, 0) is 9.59 Å². The number of rotatable bonds is 2. The van der Waals surface area contributed by atoms with Crippen molar-refractivity contribution in [2.45, 2.75) is 71.6 Å². The molecule has 26 heavy (non-hydrogen) atoms. The predicted octanol–water partition coefficient (Wildman–Crippen LogP) is 4.09. The number of fused-ring (bicyclic) bond motifs is 3. The Hall–Kier alpha value is -0.960. The number of carbonyl (C=O) groups is 2. The molecule has 3 nitrogen and oxygen atoms in total. The first kappa shape index (κ1) is 17.2. The van der Waals surface area contributed by atoms with Crippen molar-refractivity contribution >= 4 is 11.6 Å². The average molecular weight is 357 g/mol. The molecule has 0 amide bonds. The Morgan fingerprint density at radius 3 is 2.73 bits per heavy atom. The second-order valence-corrected chi connectivity index (χ2v) is 10.3. The molecule has 5 rings (SSSR count). The molecule has 0 spiro atoms. The molecular weight excluding hydrogens is 324 g/mol. The quantitative estimate of drug-likeness (QED) is 0.811. The number of allylic oxidation sites excluding steroid dienone is 1. The summed E-state index contributed by atoms with van der Waals surface area (Å²) in [5, 5.41) is 9.75. The number of hydrogen-bond acceptors (Lipinski definition) is 3. The zero-order valence-electron chi connectivity index (χ0n) is 16.2. The minimum Gasteiger partial charge on any atom is -0.389 e. The van der Waals surface area contributed by atoms with E-state index in [-0.39, 0.29) is 28.6 Å². The summed E-state index contributed by atoms with van der Waals surface area (Å²) in [7, 11) is 0. The molecule has 0 aliphatic heterocycles. The zero-order valence-corrected chi connectivity index (χ0v) is 16.2. The van der Waals surface area contributed by atoms with Crippen molar-refractivity contribution in [2.24, 2.45) is 39.9 Å². The van der Waals surface area contributed by atoms with Gasteiger partial charge in [-0.1, -0.05) is 19.4 Å². The van der Waals surface area contributed by atoms with Crippen LogP contribution in [0.25, 0.3) is 0 Å². The summed E-state index contributed by atoms with van der Waals surface area (Å²) >= 11 is 0. The number of carbonyl (C=O) groups excluding carboxylic acids is 2. The number of aliphatic hydroxyl groups is 1. The van der Waals surface area contributed by atoms with Crippen LogP contribution >= 0.6 is 0 Å². The normalized spacial score (nSPS) is 52.1. The van der Waals surface area contributed by atoms with Crippen LogP contribution in [0, 0.1) is 39.9 Å². The SMILES string of the molecule is C[C@@H]1CC23CC[C@@]1(C(=O)CO)[C@@]2(C)CC[C@H]1[C@H]3CCC2=CC(=O)CC[C@@H]21. The molecule has 0 aromatic rings. The number of hydrogen-bond donors (Lipinski definition) is 1. The highest BCUT2D eigenvalue weighted by Crippen LogP contribution is 2.82. The molecule has 142 valence electrons. The second kappa shape index (κ2) is 5.31. The van der Waals surface area contributed by atoms with Crippen molar-refractivity contribution in [3.63, 3.8) is 0 Å². The third kappa shape index (κ3) is 1.70. The van der Waals surface area contributed by atoms with Gasteiger partial charge in [0.25, 0.3) is 0 Å². The first-order chi connectivity index (χ1) is 12.4. The van der Waals surface area contributed by atoms with Gasteiger partial charge in [-0.25, -0.2) is 0 Å². The number of ketones is 2. The van der Waals surface area contributed by atoms with Gasteiger partial charge in [-0.15, -0.1) is 0 Å². The van der Waals surface area contributed by atoms with Gasteiger partial charge in [0.2, 0.25) is 0 Å². The average Bonchev–Trinajstić information content (AvgIpc) is 3.01. The van der Waals surface area contributed by atoms with Crippen LogP contribution in [0.1, 0.15) is 71.6 Å². The van der Waals surface area contributed by atoms with E-state index < -0.39 is 0 Å². The molecule has 4 saturated carbocycles. The van der Waals surface area contributed by atoms with Crippen LogP contribution in [0.2, 0.25) is 0 Å². The van der Waals surface area contributed by atoms with E-state index in [2.05, 4.69) is 13.8 Å². The molecule has 5 aliphatic carbocycles. The molecule has 0 heterocycles. The summed E-state index contributed by atoms with van der Waals surface area (Å²) in [6.45, 7) is 4.39. The molecule has 0 aromatic heterocycles. The van der Waals surface area contributed by atoms with E-state index in [9.17, 15) is 14.7 Å². The van der Waals surface area contributed by atoms with Gasteiger partial charge in [-0.05, 0) is 91.9 Å². The Morgan fingerprint density at radius 1 is 1.19 bits per heavy atom. The monoisotopic (exact) mass is 356 g/mol. The van der Waals surface area contributed by atoms with Crippen LogP contribution in [0.4, 0.5) is 0 Å². The van der Waals surface area contributed by atoms with Crippen LogP contribution in [0.3, 0.4) is 0 Å². The van der Waals surface area contributed by atoms with E-state index in [0.717, 1.165) is 32.1 Å². The topological polar surface area (TPSA) is 54.4 Å². The minimum absolute atomic E-state index is 0.0616. The lowest BCUT2D eigenvalue weighted by Crippen LogP contribution is -2.54. The molecule has 0 radical (unpaired) electrons. The van der Waals surface area contributed by atoms with Gasteiger partial charge in [-0.2, -0.15) is 0 Å². The van der Waals surface area contributed by atoms with Gasteiger partial charge in [0, 0.05) is 11.8 Å². The third-order valence-corrected chi connectivity index (χ3v) is 10.2. The lowest BCUT2D eigenvalue weighted by Gasteiger charge is -2.59. The van der Waals surface area contributed by atoms with Crippen LogP contribution in [0.15, 0.2) is 11.6 Å². The molecule has 7 atom stereocenters. The molecule has 3 heteroatoms. The van der Waals surface area contributed by atoms with Gasteiger partial charge in [0.15, 0.2) is 11.6 Å². The van der Waals surface area contributed by atoms with Gasteiger partial charge >= 0.3 is 0 Å². The van der Waals surface area contributed by atoms with Gasteiger partial charge in [-0.3, -0.25) is 9.59 Å². The maximum atomic E-state index is 13.0. The van der Waals surface area contributed by atoms with E-state index in [1.807, 2.05) is 6.08 Å². The largest absolute Gasteiger partial charge is 0.389 e. The van der Waals surface area contributed by atoms with E-state index >= 15 is 0 Å². The fraction of sp³-hybridized carbons (Fsp3) is 0.826. The molecule has 1 unspecified atom stereocenters. The molecule has 1 N–H and O–H groups in total. The molecular formula is C23H32O3. The Kier molecular flexibility index (Phi) is 3.50. The van der Waals surface area contributed by atoms with Crippen LogP contribution in [0.5, 0.6) is 0 Å². The minimum atomic E-state index is -0.290. The van der Waals surface area contributed by atoms with Crippen LogP contribution < -0.4 is 0 Å². The zero-order chi connectivity index (χ0) is 18.3. The van der Waals surface area contributed by atoms with Crippen molar-refractivity contribution in [1.29, 1.82) is 0 Å². The first-order valence-corrected chi connectivity index (χ1v) is 10.8. The Balaban J connectivity index is 1.57. The molecule has 0 aromatic carbocycles. The lowest BCUT2D eigenvalue weighted by molar-refractivity contribution is -0.146. The maximum absolute atomic E-state index is 13.0. The summed E-state index contributed by atoms with van der Waals surface area (Å²) in [5.74, 6) is 2.87. The highest BCUT2D eigenvalue weighted by atomic mass is 16.3. The number of Topliss-reactive ketones (excluding diaryl/α,β-unsaturated/α-hetero) is 1. The highest BCUT2D eigenvalue weighted by Gasteiger charge is 2.77. The van der Waals surface area contributed by atoms with E-state index in [0.29, 0.717) is 29.5 Å². The van der Waals surface area contributed by atoms with Crippen molar-refractivity contribution in [3.8, 4) is 0 Å². The fourth-order valence-corrected chi connectivity index (χ4v) is 9.31. The van der Waals surface area contributed by atoms with E-state index in [4.69, 9.17) is 0 Å². The van der Waals surface area contributed by atoms with Crippen molar-refractivity contribution in [1.82, 2.24) is 0 Å². The molecule has 2 bridgehead atoms. The van der Waals surface area contributed by atoms with Gasteiger partial charge < -0.3 is 5.11 Å². The Morgan fingerprint density at radius 2 is 2.00 bits per heavy atom. The Bertz CT molecular complexity index is 708. The van der Waals surface area contributed by atoms with Gasteiger partial charge in [0.1, 0.15) is 6.61 Å². The fourth-order valence-electron chi connectivity index (χ4n) is 9.31. The van der Waals surface area contributed by atoms with Crippen molar-refractivity contribution in [2.75, 3.05) is 6.61 Å². The number of aliphatic hydroxyl groups excluding tert-OH is 1. The predicted molar refractivity (Wildman–Crippen MR) is 99.3 cm³/mol. The standard InChI is InChI=1S/C23H32O3/c1-14-12-22-9-10-23(14,20(26)13-24)21(22,2)8-7-18-17-5-4-16(25)11-15(17)3-6-19(18)22/h11,14,17-19,24H,3-10,12-13H2,1-2H3/t14-,17+,18-,19-,21+,22?,23-/m1/s1. The summed E-state index contributed by atoms with van der Waals surface area (Å²) in [4.78, 5) is 24.9. The summed E-state index contributed by atoms with van der Waals surface area (Å²) in [6.07, 6.45) is 11.7. The van der Waals surface area contributed by atoms with Crippen molar-refractivity contribution < 1.29 is 14.7 Å². The van der Waals surface area contributed by atoms with Gasteiger partial charge in [0.05, 0.1) is 0 Å². The van der Waals surface area contributed by atoms with Crippen molar-refractivity contribution in [3.05, 3.63) is 11.6 Å². The highest BCUT2D eigenvalue weighted by molar-refractivity contribution is 5.91. The first-order valence-electron chi connectivity index (χ1n) is 10.8. The summed E-state index contributed by atoms with van der Waals surface area (Å²) in [6, 6.07) is 0. The van der Waals surface area contributed by atoms with E-state index in [1.165, 1.54) is 31.3 Å². The molecule has 4 fully saturated rings.